The number of aryl methyl sites for hydroxylation is 1. The highest BCUT2D eigenvalue weighted by molar-refractivity contribution is 7.99. The summed E-state index contributed by atoms with van der Waals surface area (Å²) in [5.41, 5.74) is 0. The zero-order valence-electron chi connectivity index (χ0n) is 11.6. The van der Waals surface area contributed by atoms with Gasteiger partial charge in [-0.15, -0.1) is 11.3 Å². The van der Waals surface area contributed by atoms with E-state index in [0.29, 0.717) is 11.3 Å². The predicted octanol–water partition coefficient (Wildman–Crippen LogP) is 4.60. The van der Waals surface area contributed by atoms with E-state index in [1.807, 2.05) is 11.8 Å². The van der Waals surface area contributed by atoms with Crippen LogP contribution in [0, 0.1) is 0 Å². The Morgan fingerprint density at radius 3 is 3.00 bits per heavy atom. The van der Waals surface area contributed by atoms with Gasteiger partial charge in [0.25, 0.3) is 0 Å². The third kappa shape index (κ3) is 2.90. The first-order valence-corrected chi connectivity index (χ1v) is 9.43. The number of thioether (sulfide) groups is 1. The van der Waals surface area contributed by atoms with Crippen LogP contribution in [0.3, 0.4) is 0 Å². The summed E-state index contributed by atoms with van der Waals surface area (Å²) in [6, 6.07) is 2.70. The van der Waals surface area contributed by atoms with Crippen LogP contribution >= 0.6 is 34.7 Å². The number of aromatic nitrogens is 2. The molecule has 6 heteroatoms. The highest BCUT2D eigenvalue weighted by Gasteiger charge is 2.25. The molecule has 1 aliphatic carbocycles. The van der Waals surface area contributed by atoms with Gasteiger partial charge < -0.3 is 5.32 Å². The van der Waals surface area contributed by atoms with Crippen molar-refractivity contribution in [2.24, 2.45) is 0 Å². The standard InChI is InChI=1S/C14H18ClN3S2/c1-3-9-7-11-12(17-14(15)18-13(11)20-9)16-8-4-5-10(6-8)19-2/h7-8,10H,3-6H2,1-2H3,(H,16,17,18). The third-order valence-corrected chi connectivity index (χ3v) is 6.26. The lowest BCUT2D eigenvalue weighted by Crippen LogP contribution is -2.17. The minimum Gasteiger partial charge on any atom is -0.367 e. The molecule has 0 spiro atoms. The highest BCUT2D eigenvalue weighted by Crippen LogP contribution is 2.34. The van der Waals surface area contributed by atoms with Gasteiger partial charge in [0.1, 0.15) is 10.6 Å². The Bertz CT molecular complexity index is 614. The van der Waals surface area contributed by atoms with Crippen LogP contribution in [-0.4, -0.2) is 27.5 Å². The smallest absolute Gasteiger partial charge is 0.225 e. The number of fused-ring (bicyclic) bond motifs is 1. The van der Waals surface area contributed by atoms with E-state index in [4.69, 9.17) is 11.6 Å². The molecule has 0 radical (unpaired) electrons. The monoisotopic (exact) mass is 327 g/mol. The molecule has 2 heterocycles. The summed E-state index contributed by atoms with van der Waals surface area (Å²) in [5, 5.41) is 5.81. The molecule has 0 saturated heterocycles. The average molecular weight is 328 g/mol. The van der Waals surface area contributed by atoms with Gasteiger partial charge in [0.15, 0.2) is 0 Å². The van der Waals surface area contributed by atoms with Crippen LogP contribution < -0.4 is 5.32 Å². The summed E-state index contributed by atoms with van der Waals surface area (Å²) in [6.45, 7) is 2.16. The summed E-state index contributed by atoms with van der Waals surface area (Å²) in [6.07, 6.45) is 6.91. The van der Waals surface area contributed by atoms with E-state index in [-0.39, 0.29) is 0 Å². The van der Waals surface area contributed by atoms with Crippen LogP contribution in [0.25, 0.3) is 10.2 Å². The topological polar surface area (TPSA) is 37.8 Å². The number of hydrogen-bond donors (Lipinski definition) is 1. The third-order valence-electron chi connectivity index (χ3n) is 3.82. The number of nitrogens with one attached hydrogen (secondary N) is 1. The second-order valence-electron chi connectivity index (χ2n) is 5.14. The molecular weight excluding hydrogens is 310 g/mol. The minimum atomic E-state index is 0.337. The van der Waals surface area contributed by atoms with Crippen LogP contribution in [0.1, 0.15) is 31.1 Å². The van der Waals surface area contributed by atoms with Gasteiger partial charge in [0, 0.05) is 16.2 Å². The maximum absolute atomic E-state index is 6.06. The SMILES string of the molecule is CCc1cc2c(NC3CCC(SC)C3)nc(Cl)nc2s1. The fourth-order valence-corrected chi connectivity index (χ4v) is 4.69. The van der Waals surface area contributed by atoms with Gasteiger partial charge in [-0.25, -0.2) is 9.97 Å². The van der Waals surface area contributed by atoms with Crippen molar-refractivity contribution >= 4 is 50.7 Å². The molecule has 1 saturated carbocycles. The van der Waals surface area contributed by atoms with E-state index in [1.165, 1.54) is 24.1 Å². The second-order valence-corrected chi connectivity index (χ2v) is 7.73. The zero-order chi connectivity index (χ0) is 14.1. The number of hydrogen-bond acceptors (Lipinski definition) is 5. The largest absolute Gasteiger partial charge is 0.367 e. The normalized spacial score (nSPS) is 22.6. The van der Waals surface area contributed by atoms with Crippen LogP contribution in [-0.2, 0) is 6.42 Å². The average Bonchev–Trinajstić information content (AvgIpc) is 3.04. The van der Waals surface area contributed by atoms with Gasteiger partial charge in [0.05, 0.1) is 5.39 Å². The molecule has 0 aromatic carbocycles. The maximum Gasteiger partial charge on any atom is 0.225 e. The molecule has 108 valence electrons. The predicted molar refractivity (Wildman–Crippen MR) is 90.4 cm³/mol. The molecule has 3 nitrogen and oxygen atoms in total. The first kappa shape index (κ1) is 14.4. The maximum atomic E-state index is 6.06. The Labute approximate surface area is 132 Å². The molecule has 0 aliphatic heterocycles. The molecular formula is C14H18ClN3S2. The van der Waals surface area contributed by atoms with E-state index in [0.717, 1.165) is 27.7 Å². The lowest BCUT2D eigenvalue weighted by atomic mass is 10.2. The molecule has 2 atom stereocenters. The molecule has 1 fully saturated rings. The number of halogens is 1. The lowest BCUT2D eigenvalue weighted by Gasteiger charge is -2.14. The van der Waals surface area contributed by atoms with Gasteiger partial charge in [0.2, 0.25) is 5.28 Å². The van der Waals surface area contributed by atoms with Crippen molar-refractivity contribution in [1.82, 2.24) is 9.97 Å². The van der Waals surface area contributed by atoms with Gasteiger partial charge in [-0.3, -0.25) is 0 Å². The molecule has 2 unspecified atom stereocenters. The van der Waals surface area contributed by atoms with Crippen LogP contribution in [0.5, 0.6) is 0 Å². The van der Waals surface area contributed by atoms with Crippen molar-refractivity contribution in [3.63, 3.8) is 0 Å². The molecule has 1 N–H and O–H groups in total. The summed E-state index contributed by atoms with van der Waals surface area (Å²) in [7, 11) is 0. The Hall–Kier alpha value is -0.520. The summed E-state index contributed by atoms with van der Waals surface area (Å²) in [4.78, 5) is 11.1. The van der Waals surface area contributed by atoms with E-state index >= 15 is 0 Å². The molecule has 0 amide bonds. The summed E-state index contributed by atoms with van der Waals surface area (Å²) >= 11 is 9.73. The molecule has 3 rings (SSSR count). The van der Waals surface area contributed by atoms with Crippen LogP contribution in [0.2, 0.25) is 5.28 Å². The summed E-state index contributed by atoms with van der Waals surface area (Å²) in [5.74, 6) is 0.905. The molecule has 1 aliphatic rings. The Morgan fingerprint density at radius 2 is 2.30 bits per heavy atom. The quantitative estimate of drug-likeness (QED) is 0.833. The lowest BCUT2D eigenvalue weighted by molar-refractivity contribution is 0.753. The Kier molecular flexibility index (Phi) is 4.38. The van der Waals surface area contributed by atoms with Crippen molar-refractivity contribution in [3.05, 3.63) is 16.2 Å². The summed E-state index contributed by atoms with van der Waals surface area (Å²) < 4.78 is 0. The molecule has 20 heavy (non-hydrogen) atoms. The zero-order valence-corrected chi connectivity index (χ0v) is 14.0. The van der Waals surface area contributed by atoms with Crippen molar-refractivity contribution in [2.75, 3.05) is 11.6 Å². The first-order chi connectivity index (χ1) is 9.69. The van der Waals surface area contributed by atoms with Crippen molar-refractivity contribution < 1.29 is 0 Å². The van der Waals surface area contributed by atoms with Gasteiger partial charge >= 0.3 is 0 Å². The van der Waals surface area contributed by atoms with Crippen LogP contribution in [0.15, 0.2) is 6.07 Å². The number of rotatable bonds is 4. The number of anilines is 1. The van der Waals surface area contributed by atoms with E-state index < -0.39 is 0 Å². The Morgan fingerprint density at radius 1 is 1.45 bits per heavy atom. The molecule has 2 aromatic rings. The van der Waals surface area contributed by atoms with E-state index in [1.54, 1.807) is 11.3 Å². The van der Waals surface area contributed by atoms with Crippen LogP contribution in [0.4, 0.5) is 5.82 Å². The second kappa shape index (κ2) is 6.08. The molecule has 0 bridgehead atoms. The van der Waals surface area contributed by atoms with E-state index in [2.05, 4.69) is 34.5 Å². The first-order valence-electron chi connectivity index (χ1n) is 6.95. The fourth-order valence-electron chi connectivity index (χ4n) is 2.71. The Balaban J connectivity index is 1.88. The highest BCUT2D eigenvalue weighted by atomic mass is 35.5. The van der Waals surface area contributed by atoms with E-state index in [9.17, 15) is 0 Å². The van der Waals surface area contributed by atoms with Gasteiger partial charge in [-0.2, -0.15) is 11.8 Å². The van der Waals surface area contributed by atoms with Gasteiger partial charge in [-0.05, 0) is 49.6 Å². The minimum absolute atomic E-state index is 0.337. The van der Waals surface area contributed by atoms with Gasteiger partial charge in [-0.1, -0.05) is 6.92 Å². The van der Waals surface area contributed by atoms with Crippen molar-refractivity contribution in [3.8, 4) is 0 Å². The number of nitrogens with zero attached hydrogens (tertiary/aromatic N) is 2. The molecule has 2 aromatic heterocycles. The fraction of sp³-hybridized carbons (Fsp3) is 0.571. The van der Waals surface area contributed by atoms with Crippen molar-refractivity contribution in [2.45, 2.75) is 43.9 Å². The number of thiophene rings is 1. The van der Waals surface area contributed by atoms with Crippen molar-refractivity contribution in [1.29, 1.82) is 0 Å².